The number of non-ortho nitro benzene ring substituents is 1. The fourth-order valence-electron chi connectivity index (χ4n) is 2.13. The summed E-state index contributed by atoms with van der Waals surface area (Å²) in [4.78, 5) is 24.4. The Bertz CT molecular complexity index is 515. The molecule has 0 saturated carbocycles. The molecule has 0 bridgehead atoms. The van der Waals surface area contributed by atoms with Crippen molar-refractivity contribution in [1.82, 2.24) is 4.90 Å². The van der Waals surface area contributed by atoms with Gasteiger partial charge in [0, 0.05) is 30.8 Å². The molecule has 0 spiro atoms. The van der Waals surface area contributed by atoms with Gasteiger partial charge in [-0.3, -0.25) is 14.9 Å². The van der Waals surface area contributed by atoms with Crippen LogP contribution < -0.4 is 0 Å². The van der Waals surface area contributed by atoms with E-state index in [2.05, 4.69) is 0 Å². The molecular weight excluding hydrogens is 248 g/mol. The number of nitro groups is 1. The van der Waals surface area contributed by atoms with Gasteiger partial charge >= 0.3 is 0 Å². The van der Waals surface area contributed by atoms with Crippen LogP contribution in [0.1, 0.15) is 22.8 Å². The Morgan fingerprint density at radius 2 is 2.26 bits per heavy atom. The minimum Gasteiger partial charge on any atom is -0.375 e. The lowest BCUT2D eigenvalue weighted by molar-refractivity contribution is -0.384. The highest BCUT2D eigenvalue weighted by atomic mass is 16.6. The van der Waals surface area contributed by atoms with Crippen LogP contribution in [0.25, 0.3) is 0 Å². The van der Waals surface area contributed by atoms with E-state index in [4.69, 9.17) is 4.74 Å². The average Bonchev–Trinajstić information content (AvgIpc) is 2.38. The van der Waals surface area contributed by atoms with Crippen LogP contribution in [0.4, 0.5) is 5.69 Å². The van der Waals surface area contributed by atoms with E-state index in [0.717, 1.165) is 5.56 Å². The van der Waals surface area contributed by atoms with Crippen molar-refractivity contribution in [2.45, 2.75) is 20.0 Å². The van der Waals surface area contributed by atoms with Crippen LogP contribution in [0.5, 0.6) is 0 Å². The number of carbonyl (C=O) groups is 1. The maximum absolute atomic E-state index is 12.4. The topological polar surface area (TPSA) is 72.7 Å². The monoisotopic (exact) mass is 264 g/mol. The summed E-state index contributed by atoms with van der Waals surface area (Å²) in [5.41, 5.74) is 1.08. The molecule has 0 radical (unpaired) electrons. The minimum atomic E-state index is -0.488. The summed E-state index contributed by atoms with van der Waals surface area (Å²) in [6.45, 7) is 5.22. The van der Waals surface area contributed by atoms with E-state index >= 15 is 0 Å². The number of morpholine rings is 1. The normalized spacial score (nSPS) is 19.3. The van der Waals surface area contributed by atoms with Gasteiger partial charge in [0.2, 0.25) is 0 Å². The molecule has 19 heavy (non-hydrogen) atoms. The Labute approximate surface area is 111 Å². The van der Waals surface area contributed by atoms with Crippen molar-refractivity contribution in [2.24, 2.45) is 0 Å². The number of aryl methyl sites for hydroxylation is 1. The Kier molecular flexibility index (Phi) is 3.80. The van der Waals surface area contributed by atoms with Crippen molar-refractivity contribution < 1.29 is 14.5 Å². The Morgan fingerprint density at radius 1 is 1.53 bits per heavy atom. The van der Waals surface area contributed by atoms with Crippen LogP contribution in [-0.4, -0.2) is 41.5 Å². The van der Waals surface area contributed by atoms with Crippen LogP contribution in [0.2, 0.25) is 0 Å². The molecule has 6 nitrogen and oxygen atoms in total. The lowest BCUT2D eigenvalue weighted by Gasteiger charge is -2.31. The molecule has 1 saturated heterocycles. The molecule has 1 aromatic rings. The van der Waals surface area contributed by atoms with Crippen LogP contribution in [-0.2, 0) is 4.74 Å². The van der Waals surface area contributed by atoms with Crippen LogP contribution in [0, 0.1) is 17.0 Å². The zero-order valence-electron chi connectivity index (χ0n) is 11.0. The van der Waals surface area contributed by atoms with Crippen molar-refractivity contribution >= 4 is 11.6 Å². The third kappa shape index (κ3) is 2.90. The highest BCUT2D eigenvalue weighted by Gasteiger charge is 2.24. The first-order valence-electron chi connectivity index (χ1n) is 6.15. The number of benzene rings is 1. The number of carbonyl (C=O) groups excluding carboxylic acids is 1. The van der Waals surface area contributed by atoms with E-state index in [0.29, 0.717) is 25.3 Å². The van der Waals surface area contributed by atoms with Crippen molar-refractivity contribution in [3.05, 3.63) is 39.4 Å². The highest BCUT2D eigenvalue weighted by molar-refractivity contribution is 5.96. The van der Waals surface area contributed by atoms with Gasteiger partial charge in [-0.1, -0.05) is 6.07 Å². The lowest BCUT2D eigenvalue weighted by Crippen LogP contribution is -2.44. The molecule has 1 atom stereocenters. The fourth-order valence-corrected chi connectivity index (χ4v) is 2.13. The van der Waals surface area contributed by atoms with Gasteiger partial charge in [-0.25, -0.2) is 0 Å². The Balaban J connectivity index is 2.27. The average molecular weight is 264 g/mol. The summed E-state index contributed by atoms with van der Waals surface area (Å²) in [6, 6.07) is 4.36. The molecule has 1 aliphatic rings. The van der Waals surface area contributed by atoms with Gasteiger partial charge < -0.3 is 9.64 Å². The van der Waals surface area contributed by atoms with Gasteiger partial charge in [0.1, 0.15) is 0 Å². The molecule has 2 rings (SSSR count). The second-order valence-corrected chi connectivity index (χ2v) is 4.69. The molecule has 1 aliphatic heterocycles. The van der Waals surface area contributed by atoms with Gasteiger partial charge in [0.05, 0.1) is 17.6 Å². The Morgan fingerprint density at radius 3 is 2.89 bits per heavy atom. The number of hydrogen-bond donors (Lipinski definition) is 0. The van der Waals surface area contributed by atoms with E-state index in [1.54, 1.807) is 17.9 Å². The maximum Gasteiger partial charge on any atom is 0.270 e. The minimum absolute atomic E-state index is 0.00305. The zero-order chi connectivity index (χ0) is 14.0. The zero-order valence-corrected chi connectivity index (χ0v) is 11.0. The van der Waals surface area contributed by atoms with Crippen molar-refractivity contribution in [3.8, 4) is 0 Å². The van der Waals surface area contributed by atoms with Gasteiger partial charge in [-0.2, -0.15) is 0 Å². The van der Waals surface area contributed by atoms with Gasteiger partial charge in [-0.15, -0.1) is 0 Å². The number of ether oxygens (including phenoxy) is 1. The summed E-state index contributed by atoms with van der Waals surface area (Å²) in [7, 11) is 0. The Hall–Kier alpha value is -1.95. The summed E-state index contributed by atoms with van der Waals surface area (Å²) in [5.74, 6) is -0.170. The SMILES string of the molecule is Cc1ccc([N+](=O)[O-])cc1C(=O)N1CCOC(C)C1. The molecule has 0 aromatic heterocycles. The van der Waals surface area contributed by atoms with Gasteiger partial charge in [0.15, 0.2) is 0 Å². The first-order valence-corrected chi connectivity index (χ1v) is 6.15. The molecule has 1 fully saturated rings. The quantitative estimate of drug-likeness (QED) is 0.602. The van der Waals surface area contributed by atoms with Crippen LogP contribution in [0.15, 0.2) is 18.2 Å². The largest absolute Gasteiger partial charge is 0.375 e. The smallest absolute Gasteiger partial charge is 0.270 e. The number of amides is 1. The van der Waals surface area contributed by atoms with Gasteiger partial charge in [-0.05, 0) is 19.4 Å². The van der Waals surface area contributed by atoms with Crippen LogP contribution in [0.3, 0.4) is 0 Å². The summed E-state index contributed by atoms with van der Waals surface area (Å²) in [6.07, 6.45) is -0.00305. The number of nitrogens with zero attached hydrogens (tertiary/aromatic N) is 2. The van der Waals surface area contributed by atoms with Crippen molar-refractivity contribution in [3.63, 3.8) is 0 Å². The fraction of sp³-hybridized carbons (Fsp3) is 0.462. The molecule has 0 N–H and O–H groups in total. The molecular formula is C13H16N2O4. The van der Waals surface area contributed by atoms with E-state index in [1.165, 1.54) is 12.1 Å². The van der Waals surface area contributed by atoms with E-state index in [-0.39, 0.29) is 17.7 Å². The summed E-state index contributed by atoms with van der Waals surface area (Å²) in [5, 5.41) is 10.8. The maximum atomic E-state index is 12.4. The predicted molar refractivity (Wildman–Crippen MR) is 69.2 cm³/mol. The van der Waals surface area contributed by atoms with E-state index in [1.807, 2.05) is 6.92 Å². The van der Waals surface area contributed by atoms with E-state index < -0.39 is 4.92 Å². The molecule has 1 amide bonds. The van der Waals surface area contributed by atoms with Crippen LogP contribution >= 0.6 is 0 Å². The van der Waals surface area contributed by atoms with Crippen molar-refractivity contribution in [2.75, 3.05) is 19.7 Å². The molecule has 6 heteroatoms. The number of rotatable bonds is 2. The van der Waals surface area contributed by atoms with Crippen molar-refractivity contribution in [1.29, 1.82) is 0 Å². The molecule has 102 valence electrons. The molecule has 1 unspecified atom stereocenters. The third-order valence-electron chi connectivity index (χ3n) is 3.19. The predicted octanol–water partition coefficient (Wildman–Crippen LogP) is 1.76. The molecule has 1 aromatic carbocycles. The molecule has 1 heterocycles. The standard InChI is InChI=1S/C13H16N2O4/c1-9-3-4-11(15(17)18)7-12(9)13(16)14-5-6-19-10(2)8-14/h3-4,7,10H,5-6,8H2,1-2H3. The second kappa shape index (κ2) is 5.36. The van der Waals surface area contributed by atoms with E-state index in [9.17, 15) is 14.9 Å². The second-order valence-electron chi connectivity index (χ2n) is 4.69. The van der Waals surface area contributed by atoms with Gasteiger partial charge in [0.25, 0.3) is 11.6 Å². The highest BCUT2D eigenvalue weighted by Crippen LogP contribution is 2.20. The number of nitro benzene ring substituents is 1. The lowest BCUT2D eigenvalue weighted by atomic mass is 10.1. The first-order chi connectivity index (χ1) is 8.99. The number of hydrogen-bond acceptors (Lipinski definition) is 4. The summed E-state index contributed by atoms with van der Waals surface area (Å²) < 4.78 is 5.38. The first kappa shape index (κ1) is 13.5. The third-order valence-corrected chi connectivity index (χ3v) is 3.19. The summed E-state index contributed by atoms with van der Waals surface area (Å²) >= 11 is 0. The molecule has 0 aliphatic carbocycles.